The molecule has 2 aromatic rings. The molecule has 0 aliphatic heterocycles. The summed E-state index contributed by atoms with van der Waals surface area (Å²) < 4.78 is 5.73. The first-order valence-corrected chi connectivity index (χ1v) is 5.69. The van der Waals surface area contributed by atoms with Gasteiger partial charge in [-0.2, -0.15) is 0 Å². The van der Waals surface area contributed by atoms with Crippen LogP contribution in [-0.2, 0) is 6.61 Å². The summed E-state index contributed by atoms with van der Waals surface area (Å²) in [6, 6.07) is 13.9. The van der Waals surface area contributed by atoms with E-state index in [1.165, 1.54) is 16.7 Å². The van der Waals surface area contributed by atoms with Gasteiger partial charge >= 0.3 is 0 Å². The molecule has 0 aromatic heterocycles. The predicted octanol–water partition coefficient (Wildman–Crippen LogP) is 3.46. The molecule has 0 atom stereocenters. The maximum Gasteiger partial charge on any atom is 0.119 e. The average Bonchev–Trinajstić information content (AvgIpc) is 2.32. The van der Waals surface area contributed by atoms with Gasteiger partial charge in [-0.25, -0.2) is 0 Å². The van der Waals surface area contributed by atoms with E-state index in [-0.39, 0.29) is 0 Å². The minimum atomic E-state index is 0.595. The molecule has 0 saturated carbocycles. The van der Waals surface area contributed by atoms with Crippen LogP contribution in [-0.4, -0.2) is 0 Å². The van der Waals surface area contributed by atoms with Crippen molar-refractivity contribution in [1.82, 2.24) is 0 Å². The van der Waals surface area contributed by atoms with Gasteiger partial charge in [0, 0.05) is 5.69 Å². The molecule has 0 saturated heterocycles. The van der Waals surface area contributed by atoms with E-state index >= 15 is 0 Å². The molecule has 2 aromatic carbocycles. The highest BCUT2D eigenvalue weighted by atomic mass is 16.5. The smallest absolute Gasteiger partial charge is 0.119 e. The zero-order valence-corrected chi connectivity index (χ0v) is 10.2. The van der Waals surface area contributed by atoms with Gasteiger partial charge in [0.1, 0.15) is 12.4 Å². The molecule has 0 unspecified atom stereocenters. The molecule has 17 heavy (non-hydrogen) atoms. The fourth-order valence-electron chi connectivity index (χ4n) is 1.68. The summed E-state index contributed by atoms with van der Waals surface area (Å²) >= 11 is 0. The maximum atomic E-state index is 5.73. The average molecular weight is 227 g/mol. The van der Waals surface area contributed by atoms with E-state index in [9.17, 15) is 0 Å². The van der Waals surface area contributed by atoms with E-state index in [0.29, 0.717) is 6.61 Å². The van der Waals surface area contributed by atoms with Crippen molar-refractivity contribution >= 4 is 5.69 Å². The minimum absolute atomic E-state index is 0.595. The molecular formula is C15H17NO. The standard InChI is InChI=1S/C15H17NO/c1-11-3-4-12(2)13(9-11)10-17-15-7-5-14(16)6-8-15/h3-9H,10,16H2,1-2H3. The number of nitrogens with two attached hydrogens (primary N) is 1. The molecular weight excluding hydrogens is 210 g/mol. The van der Waals surface area contributed by atoms with Crippen molar-refractivity contribution in [2.45, 2.75) is 20.5 Å². The van der Waals surface area contributed by atoms with Gasteiger partial charge in [0.05, 0.1) is 0 Å². The highest BCUT2D eigenvalue weighted by Gasteiger charge is 2.00. The van der Waals surface area contributed by atoms with Crippen molar-refractivity contribution in [3.8, 4) is 5.75 Å². The third-order valence-electron chi connectivity index (χ3n) is 2.78. The zero-order valence-electron chi connectivity index (χ0n) is 10.2. The van der Waals surface area contributed by atoms with Gasteiger partial charge in [0.2, 0.25) is 0 Å². The number of aryl methyl sites for hydroxylation is 2. The van der Waals surface area contributed by atoms with Crippen LogP contribution in [0.25, 0.3) is 0 Å². The van der Waals surface area contributed by atoms with Crippen molar-refractivity contribution in [1.29, 1.82) is 0 Å². The van der Waals surface area contributed by atoms with Crippen LogP contribution in [0.5, 0.6) is 5.75 Å². The van der Waals surface area contributed by atoms with Crippen LogP contribution in [0.2, 0.25) is 0 Å². The first kappa shape index (κ1) is 11.5. The topological polar surface area (TPSA) is 35.2 Å². The van der Waals surface area contributed by atoms with Crippen molar-refractivity contribution in [3.63, 3.8) is 0 Å². The van der Waals surface area contributed by atoms with Crippen LogP contribution in [0.3, 0.4) is 0 Å². The molecule has 2 heteroatoms. The quantitative estimate of drug-likeness (QED) is 0.815. The van der Waals surface area contributed by atoms with Crippen LogP contribution in [0, 0.1) is 13.8 Å². The molecule has 0 aliphatic carbocycles. The van der Waals surface area contributed by atoms with E-state index in [1.54, 1.807) is 0 Å². The second-order valence-corrected chi connectivity index (χ2v) is 4.29. The number of hydrogen-bond donors (Lipinski definition) is 1. The number of hydrogen-bond acceptors (Lipinski definition) is 2. The van der Waals surface area contributed by atoms with E-state index in [4.69, 9.17) is 10.5 Å². The first-order valence-electron chi connectivity index (χ1n) is 5.69. The minimum Gasteiger partial charge on any atom is -0.489 e. The Morgan fingerprint density at radius 2 is 1.71 bits per heavy atom. The SMILES string of the molecule is Cc1ccc(C)c(COc2ccc(N)cc2)c1. The fourth-order valence-corrected chi connectivity index (χ4v) is 1.68. The molecule has 2 nitrogen and oxygen atoms in total. The second-order valence-electron chi connectivity index (χ2n) is 4.29. The zero-order chi connectivity index (χ0) is 12.3. The molecule has 2 rings (SSSR count). The molecule has 88 valence electrons. The summed E-state index contributed by atoms with van der Waals surface area (Å²) in [7, 11) is 0. The molecule has 0 bridgehead atoms. The Morgan fingerprint density at radius 3 is 2.41 bits per heavy atom. The van der Waals surface area contributed by atoms with Crippen molar-refractivity contribution in [2.75, 3.05) is 5.73 Å². The summed E-state index contributed by atoms with van der Waals surface area (Å²) in [6.45, 7) is 4.78. The van der Waals surface area contributed by atoms with E-state index in [0.717, 1.165) is 11.4 Å². The molecule has 0 radical (unpaired) electrons. The second kappa shape index (κ2) is 4.91. The summed E-state index contributed by atoms with van der Waals surface area (Å²) in [5, 5.41) is 0. The number of nitrogen functional groups attached to an aromatic ring is 1. The summed E-state index contributed by atoms with van der Waals surface area (Å²) in [5.74, 6) is 0.847. The lowest BCUT2D eigenvalue weighted by Crippen LogP contribution is -1.98. The van der Waals surface area contributed by atoms with Crippen LogP contribution >= 0.6 is 0 Å². The highest BCUT2D eigenvalue weighted by Crippen LogP contribution is 2.17. The Balaban J connectivity index is 2.07. The number of ether oxygens (including phenoxy) is 1. The van der Waals surface area contributed by atoms with Crippen LogP contribution in [0.1, 0.15) is 16.7 Å². The van der Waals surface area contributed by atoms with Gasteiger partial charge in [-0.1, -0.05) is 23.8 Å². The lowest BCUT2D eigenvalue weighted by molar-refractivity contribution is 0.305. The first-order chi connectivity index (χ1) is 8.15. The summed E-state index contributed by atoms with van der Waals surface area (Å²) in [4.78, 5) is 0. The van der Waals surface area contributed by atoms with E-state index in [1.807, 2.05) is 24.3 Å². The molecule has 0 fully saturated rings. The Hall–Kier alpha value is -1.96. The molecule has 0 aliphatic rings. The molecule has 0 amide bonds. The van der Waals surface area contributed by atoms with Gasteiger partial charge in [0.25, 0.3) is 0 Å². The number of benzene rings is 2. The Bertz CT molecular complexity index is 503. The summed E-state index contributed by atoms with van der Waals surface area (Å²) in [5.41, 5.74) is 10.1. The predicted molar refractivity (Wildman–Crippen MR) is 71.1 cm³/mol. The van der Waals surface area contributed by atoms with Gasteiger partial charge in [-0.3, -0.25) is 0 Å². The van der Waals surface area contributed by atoms with E-state index in [2.05, 4.69) is 32.0 Å². The lowest BCUT2D eigenvalue weighted by atomic mass is 10.1. The third-order valence-corrected chi connectivity index (χ3v) is 2.78. The largest absolute Gasteiger partial charge is 0.489 e. The van der Waals surface area contributed by atoms with Gasteiger partial charge in [-0.15, -0.1) is 0 Å². The molecule has 0 heterocycles. The summed E-state index contributed by atoms with van der Waals surface area (Å²) in [6.07, 6.45) is 0. The lowest BCUT2D eigenvalue weighted by Gasteiger charge is -2.09. The highest BCUT2D eigenvalue weighted by molar-refractivity contribution is 5.41. The van der Waals surface area contributed by atoms with Crippen LogP contribution < -0.4 is 10.5 Å². The fraction of sp³-hybridized carbons (Fsp3) is 0.200. The van der Waals surface area contributed by atoms with Gasteiger partial charge in [-0.05, 0) is 49.2 Å². The van der Waals surface area contributed by atoms with E-state index < -0.39 is 0 Å². The Labute approximate surface area is 102 Å². The number of anilines is 1. The van der Waals surface area contributed by atoms with Crippen LogP contribution in [0.4, 0.5) is 5.69 Å². The van der Waals surface area contributed by atoms with Crippen molar-refractivity contribution < 1.29 is 4.74 Å². The molecule has 0 spiro atoms. The van der Waals surface area contributed by atoms with Crippen LogP contribution in [0.15, 0.2) is 42.5 Å². The van der Waals surface area contributed by atoms with Gasteiger partial charge < -0.3 is 10.5 Å². The number of rotatable bonds is 3. The van der Waals surface area contributed by atoms with Gasteiger partial charge in [0.15, 0.2) is 0 Å². The van der Waals surface area contributed by atoms with Crippen molar-refractivity contribution in [2.24, 2.45) is 0 Å². The third kappa shape index (κ3) is 3.00. The Morgan fingerprint density at radius 1 is 1.00 bits per heavy atom. The Kier molecular flexibility index (Phi) is 3.33. The monoisotopic (exact) mass is 227 g/mol. The normalized spacial score (nSPS) is 10.2. The maximum absolute atomic E-state index is 5.73. The molecule has 2 N–H and O–H groups in total. The van der Waals surface area contributed by atoms with Crippen molar-refractivity contribution in [3.05, 3.63) is 59.2 Å².